The summed E-state index contributed by atoms with van der Waals surface area (Å²) in [5.74, 6) is 0.603. The van der Waals surface area contributed by atoms with E-state index in [-0.39, 0.29) is 40.4 Å². The van der Waals surface area contributed by atoms with E-state index < -0.39 is 0 Å². The molecular formula is C28H28O6. The summed E-state index contributed by atoms with van der Waals surface area (Å²) in [6.07, 6.45) is 1.76. The third-order valence-electron chi connectivity index (χ3n) is 5.59. The molecule has 0 aliphatic rings. The Morgan fingerprint density at radius 3 is 1.32 bits per heavy atom. The van der Waals surface area contributed by atoms with Gasteiger partial charge in [0.2, 0.25) is 0 Å². The molecule has 0 aliphatic carbocycles. The van der Waals surface area contributed by atoms with E-state index in [0.717, 1.165) is 29.5 Å². The fraction of sp³-hybridized carbons (Fsp3) is 0.143. The second-order valence-corrected chi connectivity index (χ2v) is 8.05. The fourth-order valence-corrected chi connectivity index (χ4v) is 3.58. The van der Waals surface area contributed by atoms with Crippen LogP contribution in [-0.4, -0.2) is 30.6 Å². The van der Waals surface area contributed by atoms with Crippen LogP contribution >= 0.6 is 0 Å². The summed E-state index contributed by atoms with van der Waals surface area (Å²) >= 11 is 0. The van der Waals surface area contributed by atoms with Crippen LogP contribution in [0.25, 0.3) is 0 Å². The minimum absolute atomic E-state index is 0.0995. The fourth-order valence-electron chi connectivity index (χ4n) is 3.58. The predicted molar refractivity (Wildman–Crippen MR) is 131 cm³/mol. The minimum atomic E-state index is -0.138. The Morgan fingerprint density at radius 1 is 0.529 bits per heavy atom. The molecule has 176 valence electrons. The van der Waals surface area contributed by atoms with E-state index in [2.05, 4.69) is 0 Å². The van der Waals surface area contributed by atoms with E-state index in [0.29, 0.717) is 5.56 Å². The molecule has 0 fully saturated rings. The maximum Gasteiger partial charge on any atom is 0.125 e. The van der Waals surface area contributed by atoms with Crippen molar-refractivity contribution in [3.05, 3.63) is 107 Å². The highest BCUT2D eigenvalue weighted by Crippen LogP contribution is 2.32. The molecule has 4 rings (SSSR count). The number of aromatic hydroxyl groups is 6. The van der Waals surface area contributed by atoms with Crippen LogP contribution in [0.1, 0.15) is 34.6 Å². The average molecular weight is 461 g/mol. The number of hydrogen-bond donors (Lipinski definition) is 6. The van der Waals surface area contributed by atoms with Crippen molar-refractivity contribution in [1.29, 1.82) is 0 Å². The van der Waals surface area contributed by atoms with Crippen molar-refractivity contribution in [3.63, 3.8) is 0 Å². The van der Waals surface area contributed by atoms with Crippen molar-refractivity contribution in [2.45, 2.75) is 25.7 Å². The van der Waals surface area contributed by atoms with Crippen molar-refractivity contribution in [1.82, 2.24) is 0 Å². The zero-order valence-corrected chi connectivity index (χ0v) is 18.8. The third kappa shape index (κ3) is 6.59. The molecule has 4 aromatic carbocycles. The van der Waals surface area contributed by atoms with E-state index in [1.807, 2.05) is 36.4 Å². The van der Waals surface area contributed by atoms with Gasteiger partial charge in [-0.3, -0.25) is 0 Å². The van der Waals surface area contributed by atoms with Crippen molar-refractivity contribution < 1.29 is 30.6 Å². The smallest absolute Gasteiger partial charge is 0.125 e. The number of phenolic OH excluding ortho intramolecular Hbond substituents is 6. The van der Waals surface area contributed by atoms with Gasteiger partial charge >= 0.3 is 0 Å². The third-order valence-corrected chi connectivity index (χ3v) is 5.59. The summed E-state index contributed by atoms with van der Waals surface area (Å²) in [4.78, 5) is 0. The van der Waals surface area contributed by atoms with Gasteiger partial charge in [-0.2, -0.15) is 0 Å². The van der Waals surface area contributed by atoms with E-state index in [1.165, 1.54) is 12.1 Å². The lowest BCUT2D eigenvalue weighted by Gasteiger charge is -2.18. The molecule has 0 amide bonds. The van der Waals surface area contributed by atoms with E-state index in [1.54, 1.807) is 43.3 Å². The molecule has 0 aliphatic heterocycles. The Balaban J connectivity index is 0.000000271. The van der Waals surface area contributed by atoms with Crippen LogP contribution < -0.4 is 0 Å². The van der Waals surface area contributed by atoms with Crippen molar-refractivity contribution in [3.8, 4) is 34.5 Å². The molecule has 0 aromatic heterocycles. The highest BCUT2D eigenvalue weighted by molar-refractivity contribution is 5.47. The van der Waals surface area contributed by atoms with Crippen LogP contribution in [0.2, 0.25) is 0 Å². The van der Waals surface area contributed by atoms with Gasteiger partial charge < -0.3 is 30.6 Å². The number of hydrogen-bond acceptors (Lipinski definition) is 6. The Bertz CT molecular complexity index is 1130. The molecule has 0 bridgehead atoms. The molecule has 0 spiro atoms. The van der Waals surface area contributed by atoms with Gasteiger partial charge in [0.05, 0.1) is 0 Å². The number of rotatable bonds is 5. The highest BCUT2D eigenvalue weighted by atomic mass is 16.3. The first-order valence-corrected chi connectivity index (χ1v) is 10.8. The Labute approximate surface area is 198 Å². The summed E-state index contributed by atoms with van der Waals surface area (Å²) in [5, 5.41) is 55.2. The van der Waals surface area contributed by atoms with Gasteiger partial charge in [-0.05, 0) is 72.9 Å². The lowest BCUT2D eigenvalue weighted by Crippen LogP contribution is -2.03. The highest BCUT2D eigenvalue weighted by Gasteiger charge is 2.15. The largest absolute Gasteiger partial charge is 0.508 e. The maximum atomic E-state index is 9.52. The quantitative estimate of drug-likeness (QED) is 0.228. The van der Waals surface area contributed by atoms with Crippen molar-refractivity contribution in [2.75, 3.05) is 0 Å². The first kappa shape index (κ1) is 24.3. The molecule has 0 saturated heterocycles. The number of aryl methyl sites for hydroxylation is 1. The molecule has 6 nitrogen and oxygen atoms in total. The lowest BCUT2D eigenvalue weighted by molar-refractivity contribution is 0.422. The molecular weight excluding hydrogens is 432 g/mol. The zero-order valence-electron chi connectivity index (χ0n) is 18.8. The summed E-state index contributed by atoms with van der Waals surface area (Å²) in [6.45, 7) is 1.56. The number of phenols is 6. The van der Waals surface area contributed by atoms with Gasteiger partial charge in [0, 0.05) is 23.6 Å². The number of benzene rings is 4. The summed E-state index contributed by atoms with van der Waals surface area (Å²) in [6, 6.07) is 24.1. The SMILES string of the molecule is Cc1c(O)cc(O)cc1O.Oc1ccc(CCC(c2ccc(O)cc2)c2ccc(O)cc2)cc1. The average Bonchev–Trinajstić information content (AvgIpc) is 2.81. The summed E-state index contributed by atoms with van der Waals surface area (Å²) in [7, 11) is 0. The molecule has 6 N–H and O–H groups in total. The maximum absolute atomic E-state index is 9.52. The monoisotopic (exact) mass is 460 g/mol. The standard InChI is InChI=1S/C21H20O3.C7H8O3/c22-18-8-1-15(2-9-18)3-14-21(16-4-10-19(23)11-5-16)17-6-12-20(24)13-7-17;1-4-6(9)2-5(8)3-7(4)10/h1-2,4-13,21-24H,3,14H2;2-3,8-10H,1H3. The van der Waals surface area contributed by atoms with Gasteiger partial charge in [0.15, 0.2) is 0 Å². The van der Waals surface area contributed by atoms with Crippen LogP contribution in [0.3, 0.4) is 0 Å². The molecule has 0 unspecified atom stereocenters. The van der Waals surface area contributed by atoms with Crippen LogP contribution in [0.15, 0.2) is 84.9 Å². The summed E-state index contributed by atoms with van der Waals surface area (Å²) in [5.41, 5.74) is 3.78. The second-order valence-electron chi connectivity index (χ2n) is 8.05. The van der Waals surface area contributed by atoms with Crippen LogP contribution in [0.5, 0.6) is 34.5 Å². The van der Waals surface area contributed by atoms with Crippen LogP contribution in [0.4, 0.5) is 0 Å². The molecule has 0 heterocycles. The molecule has 34 heavy (non-hydrogen) atoms. The Morgan fingerprint density at radius 2 is 0.912 bits per heavy atom. The molecule has 0 atom stereocenters. The zero-order chi connectivity index (χ0) is 24.7. The second kappa shape index (κ2) is 11.0. The Kier molecular flexibility index (Phi) is 7.88. The molecule has 0 saturated carbocycles. The normalized spacial score (nSPS) is 10.5. The Hall–Kier alpha value is -4.32. The van der Waals surface area contributed by atoms with Crippen LogP contribution in [0, 0.1) is 6.92 Å². The van der Waals surface area contributed by atoms with Gasteiger partial charge in [0.1, 0.15) is 34.5 Å². The first-order valence-electron chi connectivity index (χ1n) is 10.8. The topological polar surface area (TPSA) is 121 Å². The van der Waals surface area contributed by atoms with Crippen molar-refractivity contribution >= 4 is 0 Å². The molecule has 0 radical (unpaired) electrons. The van der Waals surface area contributed by atoms with Crippen molar-refractivity contribution in [2.24, 2.45) is 0 Å². The van der Waals surface area contributed by atoms with Gasteiger partial charge in [-0.1, -0.05) is 36.4 Å². The van der Waals surface area contributed by atoms with E-state index in [4.69, 9.17) is 15.3 Å². The predicted octanol–water partition coefficient (Wildman–Crippen LogP) is 5.68. The van der Waals surface area contributed by atoms with E-state index >= 15 is 0 Å². The lowest BCUT2D eigenvalue weighted by atomic mass is 9.86. The van der Waals surface area contributed by atoms with Crippen LogP contribution in [-0.2, 0) is 6.42 Å². The first-order chi connectivity index (χ1) is 16.2. The minimum Gasteiger partial charge on any atom is -0.508 e. The molecule has 4 aromatic rings. The summed E-state index contributed by atoms with van der Waals surface area (Å²) < 4.78 is 0. The molecule has 6 heteroatoms. The van der Waals surface area contributed by atoms with Gasteiger partial charge in [-0.15, -0.1) is 0 Å². The van der Waals surface area contributed by atoms with Gasteiger partial charge in [0.25, 0.3) is 0 Å². The van der Waals surface area contributed by atoms with Gasteiger partial charge in [-0.25, -0.2) is 0 Å². The van der Waals surface area contributed by atoms with E-state index in [9.17, 15) is 15.3 Å².